The summed E-state index contributed by atoms with van der Waals surface area (Å²) in [5, 5.41) is 6.59. The maximum Gasteiger partial charge on any atom is 0.240 e. The number of benzene rings is 1. The number of rotatable bonds is 4. The van der Waals surface area contributed by atoms with Crippen molar-refractivity contribution in [2.45, 2.75) is 11.4 Å². The molecule has 1 heterocycles. The van der Waals surface area contributed by atoms with E-state index in [1.165, 1.54) is 18.3 Å². The van der Waals surface area contributed by atoms with Gasteiger partial charge in [0, 0.05) is 17.1 Å². The number of halogens is 1. The molecule has 1 aromatic carbocycles. The standard InChI is InChI=1S/C10H11ClN4O2S/c11-8-2-1-3-9(4-8)18(16,17)14-6-7-5-13-15-10(7)12/h1-5,14H,6H2,(H3,12,13,15). The monoisotopic (exact) mass is 286 g/mol. The first kappa shape index (κ1) is 12.9. The van der Waals surface area contributed by atoms with Crippen molar-refractivity contribution in [2.75, 3.05) is 5.73 Å². The summed E-state index contributed by atoms with van der Waals surface area (Å²) < 4.78 is 26.3. The highest BCUT2D eigenvalue weighted by Gasteiger charge is 2.14. The van der Waals surface area contributed by atoms with E-state index in [4.69, 9.17) is 17.3 Å². The van der Waals surface area contributed by atoms with E-state index < -0.39 is 10.0 Å². The molecule has 0 bridgehead atoms. The summed E-state index contributed by atoms with van der Waals surface area (Å²) in [4.78, 5) is 0.108. The normalized spacial score (nSPS) is 11.6. The summed E-state index contributed by atoms with van der Waals surface area (Å²) in [6.45, 7) is 0.0666. The van der Waals surface area contributed by atoms with Crippen molar-refractivity contribution in [2.24, 2.45) is 0 Å². The summed E-state index contributed by atoms with van der Waals surface area (Å²) in [7, 11) is -3.61. The average molecular weight is 287 g/mol. The molecule has 2 aromatic rings. The van der Waals surface area contributed by atoms with Crippen LogP contribution in [0.15, 0.2) is 35.4 Å². The number of hydrogen-bond acceptors (Lipinski definition) is 4. The first-order valence-electron chi connectivity index (χ1n) is 5.02. The van der Waals surface area contributed by atoms with E-state index in [2.05, 4.69) is 14.9 Å². The maximum atomic E-state index is 11.9. The fourth-order valence-electron chi connectivity index (χ4n) is 1.35. The second-order valence-corrected chi connectivity index (χ2v) is 5.79. The molecule has 0 saturated carbocycles. The number of nitrogens with two attached hydrogens (primary N) is 1. The predicted octanol–water partition coefficient (Wildman–Crippen LogP) is 1.12. The molecule has 0 unspecified atom stereocenters. The van der Waals surface area contributed by atoms with Gasteiger partial charge in [0.25, 0.3) is 0 Å². The van der Waals surface area contributed by atoms with Crippen LogP contribution >= 0.6 is 11.6 Å². The van der Waals surface area contributed by atoms with Crippen molar-refractivity contribution in [3.63, 3.8) is 0 Å². The molecule has 96 valence electrons. The number of aromatic nitrogens is 2. The third-order valence-corrected chi connectivity index (χ3v) is 3.94. The van der Waals surface area contributed by atoms with Crippen molar-refractivity contribution in [3.05, 3.63) is 41.0 Å². The molecule has 0 saturated heterocycles. The Morgan fingerprint density at radius 1 is 1.44 bits per heavy atom. The van der Waals surface area contributed by atoms with Crippen LogP contribution in [-0.2, 0) is 16.6 Å². The molecule has 0 atom stereocenters. The molecule has 6 nitrogen and oxygen atoms in total. The zero-order chi connectivity index (χ0) is 13.2. The van der Waals surface area contributed by atoms with Crippen molar-refractivity contribution < 1.29 is 8.42 Å². The number of anilines is 1. The van der Waals surface area contributed by atoms with Crippen LogP contribution in [0.5, 0.6) is 0 Å². The summed E-state index contributed by atoms with van der Waals surface area (Å²) in [6.07, 6.45) is 1.47. The molecule has 8 heteroatoms. The molecular weight excluding hydrogens is 276 g/mol. The van der Waals surface area contributed by atoms with Crippen LogP contribution in [0.25, 0.3) is 0 Å². The molecule has 0 aliphatic rings. The fraction of sp³-hybridized carbons (Fsp3) is 0.100. The van der Waals surface area contributed by atoms with Crippen LogP contribution < -0.4 is 10.5 Å². The molecule has 18 heavy (non-hydrogen) atoms. The van der Waals surface area contributed by atoms with Crippen molar-refractivity contribution in [1.29, 1.82) is 0 Å². The van der Waals surface area contributed by atoms with Gasteiger partial charge in [-0.1, -0.05) is 17.7 Å². The lowest BCUT2D eigenvalue weighted by atomic mass is 10.3. The Bertz CT molecular complexity index is 653. The third-order valence-electron chi connectivity index (χ3n) is 2.31. The molecule has 2 rings (SSSR count). The number of sulfonamides is 1. The topological polar surface area (TPSA) is 101 Å². The van der Waals surface area contributed by atoms with Crippen LogP contribution in [0.2, 0.25) is 5.02 Å². The van der Waals surface area contributed by atoms with E-state index in [1.54, 1.807) is 12.1 Å². The van der Waals surface area contributed by atoms with E-state index in [0.717, 1.165) is 0 Å². The molecule has 4 N–H and O–H groups in total. The Balaban J connectivity index is 2.16. The smallest absolute Gasteiger partial charge is 0.240 e. The largest absolute Gasteiger partial charge is 0.384 e. The Labute approximate surface area is 109 Å². The molecule has 0 spiro atoms. The van der Waals surface area contributed by atoms with Gasteiger partial charge in [0.1, 0.15) is 5.82 Å². The molecular formula is C10H11ClN4O2S. The first-order valence-corrected chi connectivity index (χ1v) is 6.88. The summed E-state index contributed by atoms with van der Waals surface area (Å²) in [5.41, 5.74) is 6.14. The molecule has 0 aliphatic heterocycles. The molecule has 0 aliphatic carbocycles. The number of nitrogens with zero attached hydrogens (tertiary/aromatic N) is 1. The summed E-state index contributed by atoms with van der Waals surface area (Å²) in [6, 6.07) is 6.02. The lowest BCUT2D eigenvalue weighted by Gasteiger charge is -2.06. The second-order valence-electron chi connectivity index (χ2n) is 3.59. The van der Waals surface area contributed by atoms with Gasteiger partial charge in [-0.05, 0) is 18.2 Å². The van der Waals surface area contributed by atoms with Gasteiger partial charge in [0.2, 0.25) is 10.0 Å². The lowest BCUT2D eigenvalue weighted by molar-refractivity contribution is 0.581. The zero-order valence-electron chi connectivity index (χ0n) is 9.22. The minimum Gasteiger partial charge on any atom is -0.384 e. The highest BCUT2D eigenvalue weighted by molar-refractivity contribution is 7.89. The third kappa shape index (κ3) is 2.81. The van der Waals surface area contributed by atoms with Gasteiger partial charge in [0.05, 0.1) is 11.1 Å². The van der Waals surface area contributed by atoms with E-state index in [0.29, 0.717) is 16.4 Å². The van der Waals surface area contributed by atoms with E-state index in [1.807, 2.05) is 0 Å². The Hall–Kier alpha value is -1.57. The molecule has 0 radical (unpaired) electrons. The number of nitrogens with one attached hydrogen (secondary N) is 2. The van der Waals surface area contributed by atoms with Crippen molar-refractivity contribution in [1.82, 2.24) is 14.9 Å². The Morgan fingerprint density at radius 3 is 2.83 bits per heavy atom. The Kier molecular flexibility index (Phi) is 3.55. The summed E-state index contributed by atoms with van der Waals surface area (Å²) >= 11 is 5.75. The average Bonchev–Trinajstić information content (AvgIpc) is 2.72. The van der Waals surface area contributed by atoms with Gasteiger partial charge < -0.3 is 5.73 Å². The second kappa shape index (κ2) is 4.97. The maximum absolute atomic E-state index is 11.9. The fourth-order valence-corrected chi connectivity index (χ4v) is 2.66. The van der Waals surface area contributed by atoms with Crippen LogP contribution in [-0.4, -0.2) is 18.6 Å². The first-order chi connectivity index (χ1) is 8.49. The lowest BCUT2D eigenvalue weighted by Crippen LogP contribution is -2.23. The molecule has 0 fully saturated rings. The minimum atomic E-state index is -3.61. The van der Waals surface area contributed by atoms with Gasteiger partial charge in [-0.25, -0.2) is 13.1 Å². The Morgan fingerprint density at radius 2 is 2.22 bits per heavy atom. The van der Waals surface area contributed by atoms with Gasteiger partial charge in [-0.2, -0.15) is 5.10 Å². The number of aromatic amines is 1. The van der Waals surface area contributed by atoms with Crippen LogP contribution in [0.3, 0.4) is 0 Å². The van der Waals surface area contributed by atoms with Gasteiger partial charge >= 0.3 is 0 Å². The summed E-state index contributed by atoms with van der Waals surface area (Å²) in [5.74, 6) is 0.337. The highest BCUT2D eigenvalue weighted by Crippen LogP contribution is 2.16. The van der Waals surface area contributed by atoms with Gasteiger partial charge in [0.15, 0.2) is 0 Å². The van der Waals surface area contributed by atoms with E-state index >= 15 is 0 Å². The van der Waals surface area contributed by atoms with Crippen molar-refractivity contribution in [3.8, 4) is 0 Å². The SMILES string of the molecule is Nc1[nH]ncc1CNS(=O)(=O)c1cccc(Cl)c1. The van der Waals surface area contributed by atoms with Crippen LogP contribution in [0.1, 0.15) is 5.56 Å². The number of nitrogen functional groups attached to an aromatic ring is 1. The molecule has 0 amide bonds. The quantitative estimate of drug-likeness (QED) is 0.784. The molecule has 1 aromatic heterocycles. The minimum absolute atomic E-state index is 0.0666. The predicted molar refractivity (Wildman–Crippen MR) is 68.5 cm³/mol. The van der Waals surface area contributed by atoms with Crippen molar-refractivity contribution >= 4 is 27.4 Å². The van der Waals surface area contributed by atoms with Gasteiger partial charge in [-0.15, -0.1) is 0 Å². The zero-order valence-corrected chi connectivity index (χ0v) is 10.8. The number of H-pyrrole nitrogens is 1. The highest BCUT2D eigenvalue weighted by atomic mass is 35.5. The van der Waals surface area contributed by atoms with E-state index in [-0.39, 0.29) is 11.4 Å². The van der Waals surface area contributed by atoms with Crippen LogP contribution in [0, 0.1) is 0 Å². The number of hydrogen-bond donors (Lipinski definition) is 3. The van der Waals surface area contributed by atoms with E-state index in [9.17, 15) is 8.42 Å². The van der Waals surface area contributed by atoms with Gasteiger partial charge in [-0.3, -0.25) is 5.10 Å². The van der Waals surface area contributed by atoms with Crippen LogP contribution in [0.4, 0.5) is 5.82 Å².